The smallest absolute Gasteiger partial charge is 0.328 e. The van der Waals surface area contributed by atoms with Crippen molar-refractivity contribution in [2.75, 3.05) is 7.11 Å². The number of carbonyl (C=O) groups excluding carboxylic acids is 2. The van der Waals surface area contributed by atoms with Crippen LogP contribution in [0.4, 0.5) is 0 Å². The highest BCUT2D eigenvalue weighted by Crippen LogP contribution is 2.15. The van der Waals surface area contributed by atoms with Crippen LogP contribution in [0.5, 0.6) is 0 Å². The second kappa shape index (κ2) is 7.29. The summed E-state index contributed by atoms with van der Waals surface area (Å²) in [6.07, 6.45) is 0. The molecular weight excluding hydrogens is 256 g/mol. The van der Waals surface area contributed by atoms with Gasteiger partial charge < -0.3 is 10.1 Å². The average Bonchev–Trinajstić information content (AvgIpc) is 2.45. The van der Waals surface area contributed by atoms with Crippen molar-refractivity contribution in [3.63, 3.8) is 0 Å². The van der Waals surface area contributed by atoms with Crippen LogP contribution in [-0.4, -0.2) is 25.0 Å². The molecule has 0 aliphatic rings. The highest BCUT2D eigenvalue weighted by Gasteiger charge is 2.29. The maximum Gasteiger partial charge on any atom is 0.328 e. The van der Waals surface area contributed by atoms with Crippen molar-refractivity contribution in [3.05, 3.63) is 35.9 Å². The number of amides is 1. The topological polar surface area (TPSA) is 79.2 Å². The van der Waals surface area contributed by atoms with Crippen LogP contribution in [0.2, 0.25) is 0 Å². The third-order valence-corrected chi connectivity index (χ3v) is 2.94. The summed E-state index contributed by atoms with van der Waals surface area (Å²) in [6, 6.07) is 9.93. The second-order valence-electron chi connectivity index (χ2n) is 4.73. The van der Waals surface area contributed by atoms with Gasteiger partial charge >= 0.3 is 5.97 Å². The maximum atomic E-state index is 12.2. The van der Waals surface area contributed by atoms with Crippen molar-refractivity contribution in [3.8, 4) is 6.07 Å². The first kappa shape index (κ1) is 15.7. The zero-order valence-corrected chi connectivity index (χ0v) is 11.8. The fourth-order valence-electron chi connectivity index (χ4n) is 1.79. The minimum Gasteiger partial charge on any atom is -0.467 e. The lowest BCUT2D eigenvalue weighted by molar-refractivity contribution is -0.146. The van der Waals surface area contributed by atoms with Crippen LogP contribution < -0.4 is 5.32 Å². The summed E-state index contributed by atoms with van der Waals surface area (Å²) < 4.78 is 4.66. The Balaban J connectivity index is 2.88. The van der Waals surface area contributed by atoms with Gasteiger partial charge in [0.05, 0.1) is 13.2 Å². The number of carbonyl (C=O) groups is 2. The van der Waals surface area contributed by atoms with Gasteiger partial charge in [0.2, 0.25) is 5.91 Å². The van der Waals surface area contributed by atoms with Crippen molar-refractivity contribution in [1.29, 1.82) is 5.26 Å². The van der Waals surface area contributed by atoms with E-state index in [9.17, 15) is 14.9 Å². The normalized spacial score (nSPS) is 13.2. The quantitative estimate of drug-likeness (QED) is 0.827. The van der Waals surface area contributed by atoms with Gasteiger partial charge in [-0.15, -0.1) is 0 Å². The fourth-order valence-corrected chi connectivity index (χ4v) is 1.79. The first-order valence-corrected chi connectivity index (χ1v) is 6.34. The number of rotatable bonds is 5. The molecule has 0 spiro atoms. The fraction of sp³-hybridized carbons (Fsp3) is 0.400. The molecule has 0 aliphatic carbocycles. The van der Waals surface area contributed by atoms with E-state index in [2.05, 4.69) is 10.1 Å². The summed E-state index contributed by atoms with van der Waals surface area (Å²) >= 11 is 0. The van der Waals surface area contributed by atoms with Crippen molar-refractivity contribution in [1.82, 2.24) is 5.32 Å². The van der Waals surface area contributed by atoms with E-state index in [1.807, 2.05) is 6.07 Å². The Morgan fingerprint density at radius 2 is 1.85 bits per heavy atom. The molecule has 0 saturated carbocycles. The van der Waals surface area contributed by atoms with Crippen LogP contribution in [0.3, 0.4) is 0 Å². The van der Waals surface area contributed by atoms with E-state index in [1.165, 1.54) is 7.11 Å². The largest absolute Gasteiger partial charge is 0.467 e. The van der Waals surface area contributed by atoms with Gasteiger partial charge in [-0.3, -0.25) is 4.79 Å². The van der Waals surface area contributed by atoms with Gasteiger partial charge in [-0.2, -0.15) is 5.26 Å². The zero-order valence-electron chi connectivity index (χ0n) is 11.8. The predicted octanol–water partition coefficient (Wildman–Crippen LogP) is 1.61. The molecule has 20 heavy (non-hydrogen) atoms. The van der Waals surface area contributed by atoms with Crippen molar-refractivity contribution in [2.24, 2.45) is 5.92 Å². The van der Waals surface area contributed by atoms with Gasteiger partial charge in [0.15, 0.2) is 0 Å². The molecule has 0 aromatic heterocycles. The van der Waals surface area contributed by atoms with Crippen LogP contribution in [0.1, 0.15) is 25.3 Å². The van der Waals surface area contributed by atoms with E-state index in [0.717, 1.165) is 0 Å². The van der Waals surface area contributed by atoms with E-state index in [4.69, 9.17) is 0 Å². The molecule has 0 aliphatic heterocycles. The van der Waals surface area contributed by atoms with Gasteiger partial charge in [-0.05, 0) is 11.5 Å². The number of hydrogen-bond donors (Lipinski definition) is 1. The molecule has 1 aromatic rings. The number of benzene rings is 1. The van der Waals surface area contributed by atoms with E-state index in [1.54, 1.807) is 44.2 Å². The molecule has 2 atom stereocenters. The predicted molar refractivity (Wildman–Crippen MR) is 73.6 cm³/mol. The van der Waals surface area contributed by atoms with Gasteiger partial charge in [0.25, 0.3) is 0 Å². The third kappa shape index (κ3) is 3.82. The maximum absolute atomic E-state index is 12.2. The van der Waals surface area contributed by atoms with Gasteiger partial charge in [-0.1, -0.05) is 44.2 Å². The minimum atomic E-state index is -0.942. The minimum absolute atomic E-state index is 0.124. The lowest BCUT2D eigenvalue weighted by Gasteiger charge is -2.21. The number of nitrogens with zero attached hydrogens (tertiary/aromatic N) is 1. The number of methoxy groups -OCH3 is 1. The zero-order chi connectivity index (χ0) is 15.1. The molecule has 0 saturated heterocycles. The molecule has 0 bridgehead atoms. The van der Waals surface area contributed by atoms with Gasteiger partial charge in [0, 0.05) is 0 Å². The highest BCUT2D eigenvalue weighted by molar-refractivity contribution is 5.90. The molecule has 106 valence electrons. The molecule has 0 fully saturated rings. The number of esters is 1. The van der Waals surface area contributed by atoms with Crippen LogP contribution in [-0.2, 0) is 14.3 Å². The molecule has 1 aromatic carbocycles. The summed E-state index contributed by atoms with van der Waals surface area (Å²) in [7, 11) is 1.27. The Labute approximate surface area is 118 Å². The van der Waals surface area contributed by atoms with Crippen molar-refractivity contribution < 1.29 is 14.3 Å². The molecule has 0 radical (unpaired) electrons. The third-order valence-electron chi connectivity index (χ3n) is 2.94. The molecule has 0 heterocycles. The number of nitrogens with one attached hydrogen (secondary N) is 1. The lowest BCUT2D eigenvalue weighted by atomic mass is 9.98. The Hall–Kier alpha value is -2.35. The van der Waals surface area contributed by atoms with Crippen LogP contribution in [0.15, 0.2) is 30.3 Å². The Morgan fingerprint density at radius 1 is 1.25 bits per heavy atom. The summed E-state index contributed by atoms with van der Waals surface area (Å²) in [5, 5.41) is 11.8. The van der Waals surface area contributed by atoms with E-state index < -0.39 is 23.8 Å². The molecule has 1 N–H and O–H groups in total. The number of nitriles is 1. The van der Waals surface area contributed by atoms with E-state index in [-0.39, 0.29) is 5.92 Å². The molecule has 1 rings (SSSR count). The molecule has 1 amide bonds. The SMILES string of the molecule is COC(=O)C(NC(=O)C(C#N)c1ccccc1)C(C)C. The molecule has 2 unspecified atom stereocenters. The van der Waals surface area contributed by atoms with Crippen molar-refractivity contribution >= 4 is 11.9 Å². The standard InChI is InChI=1S/C15H18N2O3/c1-10(2)13(15(19)20-3)17-14(18)12(9-16)11-7-5-4-6-8-11/h4-8,10,12-13H,1-3H3,(H,17,18). The highest BCUT2D eigenvalue weighted by atomic mass is 16.5. The molecule has 5 nitrogen and oxygen atoms in total. The monoisotopic (exact) mass is 274 g/mol. The van der Waals surface area contributed by atoms with E-state index >= 15 is 0 Å². The van der Waals surface area contributed by atoms with Gasteiger partial charge in [0.1, 0.15) is 12.0 Å². The van der Waals surface area contributed by atoms with Crippen LogP contribution >= 0.6 is 0 Å². The van der Waals surface area contributed by atoms with Crippen LogP contribution in [0, 0.1) is 17.2 Å². The number of hydrogen-bond acceptors (Lipinski definition) is 4. The lowest BCUT2D eigenvalue weighted by Crippen LogP contribution is -2.46. The first-order valence-electron chi connectivity index (χ1n) is 6.34. The average molecular weight is 274 g/mol. The number of ether oxygens (including phenoxy) is 1. The second-order valence-corrected chi connectivity index (χ2v) is 4.73. The molecule has 5 heteroatoms. The molecular formula is C15H18N2O3. The summed E-state index contributed by atoms with van der Waals surface area (Å²) in [4.78, 5) is 23.8. The Morgan fingerprint density at radius 3 is 2.30 bits per heavy atom. The first-order chi connectivity index (χ1) is 9.51. The summed E-state index contributed by atoms with van der Waals surface area (Å²) in [5.74, 6) is -2.08. The van der Waals surface area contributed by atoms with E-state index in [0.29, 0.717) is 5.56 Å². The summed E-state index contributed by atoms with van der Waals surface area (Å²) in [5.41, 5.74) is 0.597. The van der Waals surface area contributed by atoms with Gasteiger partial charge in [-0.25, -0.2) is 4.79 Å². The van der Waals surface area contributed by atoms with Crippen molar-refractivity contribution in [2.45, 2.75) is 25.8 Å². The van der Waals surface area contributed by atoms with Crippen LogP contribution in [0.25, 0.3) is 0 Å². The Bertz CT molecular complexity index is 506. The Kier molecular flexibility index (Phi) is 5.73. The summed E-state index contributed by atoms with van der Waals surface area (Å²) in [6.45, 7) is 3.59.